The van der Waals surface area contributed by atoms with Gasteiger partial charge in [-0.2, -0.15) is 4.98 Å². The fourth-order valence-electron chi connectivity index (χ4n) is 7.05. The van der Waals surface area contributed by atoms with E-state index >= 15 is 0 Å². The van der Waals surface area contributed by atoms with Gasteiger partial charge in [0.25, 0.3) is 5.91 Å². The van der Waals surface area contributed by atoms with Crippen molar-refractivity contribution in [3.05, 3.63) is 65.1 Å². The van der Waals surface area contributed by atoms with E-state index in [1.807, 2.05) is 53.7 Å². The number of nitrogens with zero attached hydrogens (tertiary/aromatic N) is 7. The quantitative estimate of drug-likeness (QED) is 0.197. The molecule has 17 heteroatoms. The fraction of sp³-hybridized carbons (Fsp3) is 0.500. The Balaban J connectivity index is 1.28. The maximum atomic E-state index is 14.2. The molecule has 0 bridgehead atoms. The van der Waals surface area contributed by atoms with E-state index in [2.05, 4.69) is 36.2 Å². The molecule has 1 fully saturated rings. The van der Waals surface area contributed by atoms with E-state index < -0.39 is 47.3 Å². The highest BCUT2D eigenvalue weighted by atomic mass is 16.2. The summed E-state index contributed by atoms with van der Waals surface area (Å²) in [4.78, 5) is 101. The molecule has 5 rings (SSSR count). The minimum Gasteiger partial charge on any atom is -0.347 e. The number of hydrogen-bond acceptors (Lipinski definition) is 10. The molecule has 3 aromatic rings. The molecule has 4 N–H and O–H groups in total. The SMILES string of the molecule is Cc1ccc(Nc2ncc3c(n2)N(C)C(=O)N(c2cc(C(=O)N[C@H](C(=O)N4CCC[C@H]4C(=O)NC(C)(C)C(=O)N[C@H](C(=O)N(C)C)C(C)C)C(C)C)ccc2C)C3)cn1. The van der Waals surface area contributed by atoms with Crippen LogP contribution in [0.4, 0.5) is 27.9 Å². The number of amides is 7. The smallest absolute Gasteiger partial charge is 0.330 e. The largest absolute Gasteiger partial charge is 0.347 e. The summed E-state index contributed by atoms with van der Waals surface area (Å²) < 4.78 is 0. The summed E-state index contributed by atoms with van der Waals surface area (Å²) in [5.41, 5.74) is 2.38. The van der Waals surface area contributed by atoms with Crippen molar-refractivity contribution in [3.8, 4) is 0 Å². The Hall–Kier alpha value is -6.13. The Bertz CT molecular complexity index is 2100. The van der Waals surface area contributed by atoms with Crippen molar-refractivity contribution in [1.82, 2.24) is 40.7 Å². The molecule has 0 unspecified atom stereocenters. The fourth-order valence-corrected chi connectivity index (χ4v) is 7.05. The number of urea groups is 1. The number of aryl methyl sites for hydroxylation is 2. The molecule has 0 radical (unpaired) electrons. The summed E-state index contributed by atoms with van der Waals surface area (Å²) >= 11 is 0. The summed E-state index contributed by atoms with van der Waals surface area (Å²) in [6.07, 6.45) is 4.26. The molecule has 2 aromatic heterocycles. The van der Waals surface area contributed by atoms with Crippen LogP contribution < -0.4 is 31.1 Å². The highest BCUT2D eigenvalue weighted by Crippen LogP contribution is 2.33. The van der Waals surface area contributed by atoms with Crippen LogP contribution in [0, 0.1) is 25.7 Å². The first kappa shape index (κ1) is 44.0. The lowest BCUT2D eigenvalue weighted by Crippen LogP contribution is -2.62. The molecular weight excluding hydrogens is 755 g/mol. The molecule has 316 valence electrons. The van der Waals surface area contributed by atoms with Crippen LogP contribution in [0.1, 0.15) is 81.6 Å². The Kier molecular flexibility index (Phi) is 13.3. The Labute approximate surface area is 345 Å². The number of likely N-dealkylation sites (N-methyl/N-ethyl adjacent to an activating group) is 1. The summed E-state index contributed by atoms with van der Waals surface area (Å²) in [6, 6.07) is 5.75. The van der Waals surface area contributed by atoms with E-state index in [0.29, 0.717) is 48.1 Å². The first-order valence-corrected chi connectivity index (χ1v) is 19.9. The lowest BCUT2D eigenvalue weighted by molar-refractivity contribution is -0.143. The normalized spacial score (nSPS) is 16.4. The van der Waals surface area contributed by atoms with Crippen LogP contribution in [0.25, 0.3) is 0 Å². The van der Waals surface area contributed by atoms with Gasteiger partial charge in [-0.05, 0) is 82.2 Å². The van der Waals surface area contributed by atoms with Crippen LogP contribution in [0.3, 0.4) is 0 Å². The van der Waals surface area contributed by atoms with Crippen molar-refractivity contribution in [3.63, 3.8) is 0 Å². The number of carbonyl (C=O) groups is 6. The number of nitrogens with one attached hydrogen (secondary N) is 4. The molecule has 59 heavy (non-hydrogen) atoms. The lowest BCUT2D eigenvalue weighted by atomic mass is 9.98. The second kappa shape index (κ2) is 17.8. The Morgan fingerprint density at radius 2 is 1.61 bits per heavy atom. The first-order chi connectivity index (χ1) is 27.7. The number of fused-ring (bicyclic) bond motifs is 1. The number of likely N-dealkylation sites (tertiary alicyclic amines) is 1. The zero-order valence-electron chi connectivity index (χ0n) is 35.8. The third-order valence-electron chi connectivity index (χ3n) is 10.7. The molecular formula is C42H57N11O6. The topological polar surface area (TPSA) is 202 Å². The van der Waals surface area contributed by atoms with Gasteiger partial charge in [0.2, 0.25) is 29.6 Å². The second-order valence-corrected chi connectivity index (χ2v) is 16.7. The predicted octanol–water partition coefficient (Wildman–Crippen LogP) is 3.68. The number of benzene rings is 1. The second-order valence-electron chi connectivity index (χ2n) is 16.7. The molecule has 17 nitrogen and oxygen atoms in total. The standard InChI is InChI=1S/C42H57N11O6/c1-23(2)32(37(56)50(9)10)47-39(58)42(7,8)49-36(55)30-13-12-18-52(30)38(57)33(24(3)4)46-35(54)27-16-14-25(5)31(19-27)53-22-28-20-44-40(48-34(28)51(11)41(53)59)45-29-17-15-26(6)43-21-29/h14-17,19-21,23-24,30,32-33H,12-13,18,22H2,1-11H3,(H,46,54)(H,47,58)(H,49,55)(H,44,45,48)/t30-,32-,33-/m0/s1. The van der Waals surface area contributed by atoms with Crippen LogP contribution >= 0.6 is 0 Å². The Morgan fingerprint density at radius 3 is 2.24 bits per heavy atom. The molecule has 1 aromatic carbocycles. The number of anilines is 4. The molecule has 0 aliphatic carbocycles. The van der Waals surface area contributed by atoms with Crippen molar-refractivity contribution in [2.75, 3.05) is 42.8 Å². The maximum absolute atomic E-state index is 14.2. The van der Waals surface area contributed by atoms with Gasteiger partial charge >= 0.3 is 6.03 Å². The number of carbonyl (C=O) groups excluding carboxylic acids is 6. The molecule has 2 aliphatic heterocycles. The van der Waals surface area contributed by atoms with Gasteiger partial charge in [-0.25, -0.2) is 9.78 Å². The zero-order chi connectivity index (χ0) is 43.5. The predicted molar refractivity (Wildman–Crippen MR) is 224 cm³/mol. The van der Waals surface area contributed by atoms with Gasteiger partial charge in [-0.15, -0.1) is 0 Å². The molecule has 7 amide bonds. The van der Waals surface area contributed by atoms with Crippen LogP contribution in [-0.4, -0.2) is 112 Å². The lowest BCUT2D eigenvalue weighted by Gasteiger charge is -2.35. The number of rotatable bonds is 13. The summed E-state index contributed by atoms with van der Waals surface area (Å²) in [7, 11) is 4.85. The van der Waals surface area contributed by atoms with Crippen molar-refractivity contribution in [1.29, 1.82) is 0 Å². The summed E-state index contributed by atoms with van der Waals surface area (Å²) in [5.74, 6) is -2.03. The van der Waals surface area contributed by atoms with Crippen LogP contribution in [0.15, 0.2) is 42.7 Å². The van der Waals surface area contributed by atoms with E-state index in [0.717, 1.165) is 11.3 Å². The molecule has 2 aliphatic rings. The summed E-state index contributed by atoms with van der Waals surface area (Å²) in [6.45, 7) is 14.5. The van der Waals surface area contributed by atoms with Gasteiger partial charge in [0.15, 0.2) is 0 Å². The minimum atomic E-state index is -1.40. The van der Waals surface area contributed by atoms with E-state index in [4.69, 9.17) is 0 Å². The number of aromatic nitrogens is 3. The van der Waals surface area contributed by atoms with Crippen molar-refractivity contribution >= 4 is 58.7 Å². The summed E-state index contributed by atoms with van der Waals surface area (Å²) in [5, 5.41) is 11.6. The highest BCUT2D eigenvalue weighted by molar-refractivity contribution is 6.07. The van der Waals surface area contributed by atoms with Gasteiger partial charge in [-0.1, -0.05) is 33.8 Å². The number of pyridine rings is 1. The van der Waals surface area contributed by atoms with Crippen molar-refractivity contribution < 1.29 is 28.8 Å². The first-order valence-electron chi connectivity index (χ1n) is 19.9. The average molecular weight is 812 g/mol. The Morgan fingerprint density at radius 1 is 0.915 bits per heavy atom. The van der Waals surface area contributed by atoms with Gasteiger partial charge in [0.05, 0.1) is 18.4 Å². The van der Waals surface area contributed by atoms with Gasteiger partial charge in [0, 0.05) is 56.4 Å². The van der Waals surface area contributed by atoms with E-state index in [1.165, 1.54) is 14.7 Å². The van der Waals surface area contributed by atoms with Gasteiger partial charge in [0.1, 0.15) is 29.5 Å². The minimum absolute atomic E-state index is 0.160. The van der Waals surface area contributed by atoms with Gasteiger partial charge in [-0.3, -0.25) is 38.8 Å². The van der Waals surface area contributed by atoms with E-state index in [-0.39, 0.29) is 35.9 Å². The van der Waals surface area contributed by atoms with Crippen LogP contribution in [0.2, 0.25) is 0 Å². The third-order valence-corrected chi connectivity index (χ3v) is 10.7. The monoisotopic (exact) mass is 811 g/mol. The molecule has 0 saturated carbocycles. The average Bonchev–Trinajstić information content (AvgIpc) is 3.68. The van der Waals surface area contributed by atoms with Crippen molar-refractivity contribution in [2.24, 2.45) is 11.8 Å². The molecule has 4 heterocycles. The molecule has 0 spiro atoms. The van der Waals surface area contributed by atoms with E-state index in [9.17, 15) is 28.8 Å². The highest BCUT2D eigenvalue weighted by Gasteiger charge is 2.42. The maximum Gasteiger partial charge on any atom is 0.330 e. The zero-order valence-corrected chi connectivity index (χ0v) is 35.8. The third kappa shape index (κ3) is 9.78. The molecule has 1 saturated heterocycles. The van der Waals surface area contributed by atoms with Crippen molar-refractivity contribution in [2.45, 2.75) is 98.4 Å². The van der Waals surface area contributed by atoms with E-state index in [1.54, 1.807) is 70.5 Å². The van der Waals surface area contributed by atoms with Gasteiger partial charge < -0.3 is 31.1 Å². The molecule has 3 atom stereocenters. The van der Waals surface area contributed by atoms with Crippen LogP contribution in [-0.2, 0) is 25.7 Å². The van der Waals surface area contributed by atoms with Crippen LogP contribution in [0.5, 0.6) is 0 Å². The number of hydrogen-bond donors (Lipinski definition) is 4.